The summed E-state index contributed by atoms with van der Waals surface area (Å²) in [5, 5.41) is 0. The van der Waals surface area contributed by atoms with E-state index in [9.17, 15) is 0 Å². The Labute approximate surface area is 75.5 Å². The molecular weight excluding hydrogens is 217 g/mol. The summed E-state index contributed by atoms with van der Waals surface area (Å²) >= 11 is 0.0123. The average molecular weight is 224 g/mol. The van der Waals surface area contributed by atoms with Crippen LogP contribution in [0.4, 0.5) is 5.82 Å². The number of rotatable bonds is 1. The fourth-order valence-corrected chi connectivity index (χ4v) is 1.79. The number of aromatic nitrogens is 4. The minimum atomic E-state index is 0.0123. The summed E-state index contributed by atoms with van der Waals surface area (Å²) in [7, 11) is 0. The van der Waals surface area contributed by atoms with Crippen molar-refractivity contribution in [1.82, 2.24) is 19.9 Å². The molecular formula is C6H7AsN5. The Morgan fingerprint density at radius 2 is 2.33 bits per heavy atom. The molecule has 0 bridgehead atoms. The molecule has 0 aromatic carbocycles. The molecule has 12 heavy (non-hydrogen) atoms. The second kappa shape index (κ2) is 2.75. The second-order valence-electron chi connectivity index (χ2n) is 2.23. The van der Waals surface area contributed by atoms with Gasteiger partial charge >= 0.3 is 75.1 Å². The third-order valence-electron chi connectivity index (χ3n) is 1.50. The third kappa shape index (κ3) is 1.06. The third-order valence-corrected chi connectivity index (χ3v) is 2.76. The SMILES string of the molecule is C[As]c1nc(N)c2[nH]cnc2n1. The van der Waals surface area contributed by atoms with Gasteiger partial charge in [-0.3, -0.25) is 0 Å². The quantitative estimate of drug-likeness (QED) is 0.628. The summed E-state index contributed by atoms with van der Waals surface area (Å²) in [6, 6.07) is 0. The molecule has 6 heteroatoms. The van der Waals surface area contributed by atoms with E-state index < -0.39 is 0 Å². The van der Waals surface area contributed by atoms with Crippen LogP contribution in [0.25, 0.3) is 11.2 Å². The molecule has 0 saturated carbocycles. The number of anilines is 1. The Morgan fingerprint density at radius 3 is 3.08 bits per heavy atom. The summed E-state index contributed by atoms with van der Waals surface area (Å²) in [4.78, 5) is 15.3. The number of hydrogen-bond donors (Lipinski definition) is 2. The van der Waals surface area contributed by atoms with Crippen molar-refractivity contribution in [3.05, 3.63) is 6.33 Å². The molecule has 5 nitrogen and oxygen atoms in total. The van der Waals surface area contributed by atoms with Gasteiger partial charge in [-0.15, -0.1) is 0 Å². The number of H-pyrrole nitrogens is 1. The maximum absolute atomic E-state index is 5.67. The number of nitrogens with one attached hydrogen (secondary N) is 1. The van der Waals surface area contributed by atoms with Gasteiger partial charge in [0.25, 0.3) is 0 Å². The van der Waals surface area contributed by atoms with E-state index in [0.29, 0.717) is 11.5 Å². The normalized spacial score (nSPS) is 11.8. The van der Waals surface area contributed by atoms with Crippen LogP contribution in [-0.2, 0) is 0 Å². The van der Waals surface area contributed by atoms with Crippen molar-refractivity contribution in [2.45, 2.75) is 5.71 Å². The topological polar surface area (TPSA) is 80.5 Å². The van der Waals surface area contributed by atoms with Crippen LogP contribution in [0.2, 0.25) is 5.71 Å². The molecule has 0 fully saturated rings. The van der Waals surface area contributed by atoms with Gasteiger partial charge in [-0.2, -0.15) is 0 Å². The zero-order chi connectivity index (χ0) is 8.55. The second-order valence-corrected chi connectivity index (χ2v) is 4.01. The van der Waals surface area contributed by atoms with Crippen molar-refractivity contribution in [3.8, 4) is 0 Å². The average Bonchev–Trinajstić information content (AvgIpc) is 2.52. The fourth-order valence-electron chi connectivity index (χ4n) is 0.944. The van der Waals surface area contributed by atoms with Crippen molar-refractivity contribution in [3.63, 3.8) is 0 Å². The van der Waals surface area contributed by atoms with Gasteiger partial charge in [0.15, 0.2) is 0 Å². The summed E-state index contributed by atoms with van der Waals surface area (Å²) < 4.78 is 0.823. The first-order chi connectivity index (χ1) is 5.81. The number of nitrogens with two attached hydrogens (primary N) is 1. The van der Waals surface area contributed by atoms with E-state index in [-0.39, 0.29) is 15.8 Å². The summed E-state index contributed by atoms with van der Waals surface area (Å²) in [6.45, 7) is 0. The van der Waals surface area contributed by atoms with E-state index >= 15 is 0 Å². The number of nitrogen functional groups attached to an aromatic ring is 1. The van der Waals surface area contributed by atoms with Crippen LogP contribution < -0.4 is 10.3 Å². The molecule has 3 N–H and O–H groups in total. The number of aromatic amines is 1. The zero-order valence-electron chi connectivity index (χ0n) is 6.44. The van der Waals surface area contributed by atoms with Gasteiger partial charge in [0, 0.05) is 0 Å². The molecule has 2 heterocycles. The van der Waals surface area contributed by atoms with Gasteiger partial charge in [-0.05, 0) is 0 Å². The van der Waals surface area contributed by atoms with Gasteiger partial charge < -0.3 is 0 Å². The van der Waals surface area contributed by atoms with Gasteiger partial charge in [-0.1, -0.05) is 0 Å². The molecule has 0 saturated heterocycles. The molecule has 0 atom stereocenters. The van der Waals surface area contributed by atoms with Crippen LogP contribution in [-0.4, -0.2) is 35.7 Å². The first-order valence-electron chi connectivity index (χ1n) is 3.37. The van der Waals surface area contributed by atoms with Crippen molar-refractivity contribution < 1.29 is 0 Å². The van der Waals surface area contributed by atoms with Crippen LogP contribution >= 0.6 is 0 Å². The van der Waals surface area contributed by atoms with Crippen molar-refractivity contribution >= 4 is 37.3 Å². The van der Waals surface area contributed by atoms with Crippen LogP contribution in [0.3, 0.4) is 0 Å². The van der Waals surface area contributed by atoms with Gasteiger partial charge in [0.05, 0.1) is 0 Å². The molecule has 0 aliphatic carbocycles. The summed E-state index contributed by atoms with van der Waals surface area (Å²) in [5.41, 5.74) is 9.13. The van der Waals surface area contributed by atoms with Gasteiger partial charge in [0.1, 0.15) is 0 Å². The molecule has 0 aliphatic rings. The Hall–Kier alpha value is -1.09. The Balaban J connectivity index is 2.75. The first-order valence-corrected chi connectivity index (χ1v) is 6.19. The van der Waals surface area contributed by atoms with E-state index in [4.69, 9.17) is 5.73 Å². The first kappa shape index (κ1) is 7.55. The van der Waals surface area contributed by atoms with Crippen LogP contribution in [0.1, 0.15) is 0 Å². The fraction of sp³-hybridized carbons (Fsp3) is 0.167. The molecule has 61 valence electrons. The standard InChI is InChI=1S/C6H7AsN5/c1-7-6-11-4(8)3-5(12-6)10-2-9-3/h2H,1H3,(H3,8,9,10,11,12). The van der Waals surface area contributed by atoms with E-state index in [2.05, 4.69) is 25.6 Å². The van der Waals surface area contributed by atoms with Crippen LogP contribution in [0, 0.1) is 0 Å². The summed E-state index contributed by atoms with van der Waals surface area (Å²) in [5.74, 6) is 0.490. The predicted octanol–water partition coefficient (Wildman–Crippen LogP) is -0.687. The van der Waals surface area contributed by atoms with E-state index in [1.807, 2.05) is 0 Å². The molecule has 0 aliphatic heterocycles. The van der Waals surface area contributed by atoms with Crippen molar-refractivity contribution in [2.75, 3.05) is 5.73 Å². The number of fused-ring (bicyclic) bond motifs is 1. The Kier molecular flexibility index (Phi) is 1.73. The zero-order valence-corrected chi connectivity index (χ0v) is 8.32. The Bertz CT molecular complexity index is 409. The molecule has 0 amide bonds. The van der Waals surface area contributed by atoms with Crippen molar-refractivity contribution in [1.29, 1.82) is 0 Å². The molecule has 0 spiro atoms. The van der Waals surface area contributed by atoms with Gasteiger partial charge in [0.2, 0.25) is 0 Å². The molecule has 2 aromatic heterocycles. The molecule has 2 aromatic rings. The molecule has 2 rings (SSSR count). The van der Waals surface area contributed by atoms with Crippen LogP contribution in [0.5, 0.6) is 0 Å². The van der Waals surface area contributed by atoms with Gasteiger partial charge in [-0.25, -0.2) is 0 Å². The van der Waals surface area contributed by atoms with E-state index in [1.165, 1.54) is 0 Å². The number of imidazole rings is 1. The Morgan fingerprint density at radius 1 is 1.50 bits per heavy atom. The number of hydrogen-bond acceptors (Lipinski definition) is 4. The van der Waals surface area contributed by atoms with Crippen LogP contribution in [0.15, 0.2) is 6.33 Å². The monoisotopic (exact) mass is 224 g/mol. The molecule has 1 radical (unpaired) electrons. The van der Waals surface area contributed by atoms with Crippen molar-refractivity contribution in [2.24, 2.45) is 0 Å². The van der Waals surface area contributed by atoms with E-state index in [0.717, 1.165) is 10.1 Å². The number of nitrogens with zero attached hydrogens (tertiary/aromatic N) is 3. The minimum absolute atomic E-state index is 0.0123. The van der Waals surface area contributed by atoms with E-state index in [1.54, 1.807) is 6.33 Å². The molecule has 0 unspecified atom stereocenters. The maximum atomic E-state index is 5.67. The summed E-state index contributed by atoms with van der Waals surface area (Å²) in [6.07, 6.45) is 1.58. The predicted molar refractivity (Wildman–Crippen MR) is 47.3 cm³/mol.